The van der Waals surface area contributed by atoms with Gasteiger partial charge in [0.1, 0.15) is 12.3 Å². The lowest BCUT2D eigenvalue weighted by Crippen LogP contribution is -2.15. The molecule has 0 aliphatic heterocycles. The number of rotatable bonds is 9. The maximum Gasteiger partial charge on any atom is 0.211 e. The number of ether oxygens (including phenoxy) is 2. The van der Waals surface area contributed by atoms with Crippen LogP contribution in [-0.2, 0) is 11.2 Å². The SMILES string of the molecule is CCOCCOc1cnc(-c2cccc(Cc3n[nH]cc(-c4cc(F)c(F)c(F)c4)c3=O)c2)nc1. The lowest BCUT2D eigenvalue weighted by Gasteiger charge is -2.08. The predicted molar refractivity (Wildman–Crippen MR) is 122 cm³/mol. The van der Waals surface area contributed by atoms with Gasteiger partial charge in [0.05, 0.1) is 19.0 Å². The van der Waals surface area contributed by atoms with Crippen molar-refractivity contribution in [2.75, 3.05) is 19.8 Å². The number of nitrogens with one attached hydrogen (secondary N) is 1. The molecule has 10 heteroatoms. The summed E-state index contributed by atoms with van der Waals surface area (Å²) in [4.78, 5) is 21.6. The molecule has 0 bridgehead atoms. The van der Waals surface area contributed by atoms with E-state index >= 15 is 0 Å². The van der Waals surface area contributed by atoms with Gasteiger partial charge in [-0.2, -0.15) is 5.10 Å². The van der Waals surface area contributed by atoms with Crippen LogP contribution in [-0.4, -0.2) is 40.0 Å². The Balaban J connectivity index is 1.53. The van der Waals surface area contributed by atoms with Gasteiger partial charge < -0.3 is 9.47 Å². The van der Waals surface area contributed by atoms with Gasteiger partial charge in [0.25, 0.3) is 0 Å². The average Bonchev–Trinajstić information content (AvgIpc) is 2.87. The van der Waals surface area contributed by atoms with Crippen molar-refractivity contribution in [3.05, 3.63) is 93.9 Å². The quantitative estimate of drug-likeness (QED) is 0.282. The molecule has 2 aromatic carbocycles. The zero-order valence-electron chi connectivity index (χ0n) is 18.7. The summed E-state index contributed by atoms with van der Waals surface area (Å²) < 4.78 is 51.4. The first-order chi connectivity index (χ1) is 17.0. The van der Waals surface area contributed by atoms with E-state index in [1.807, 2.05) is 19.1 Å². The van der Waals surface area contributed by atoms with Crippen molar-refractivity contribution in [1.29, 1.82) is 0 Å². The van der Waals surface area contributed by atoms with Crippen LogP contribution in [0.1, 0.15) is 18.2 Å². The average molecular weight is 482 g/mol. The fourth-order valence-corrected chi connectivity index (χ4v) is 3.41. The first-order valence-corrected chi connectivity index (χ1v) is 10.8. The van der Waals surface area contributed by atoms with Gasteiger partial charge in [-0.25, -0.2) is 23.1 Å². The van der Waals surface area contributed by atoms with Crippen molar-refractivity contribution in [1.82, 2.24) is 20.2 Å². The van der Waals surface area contributed by atoms with E-state index in [1.165, 1.54) is 6.20 Å². The molecule has 7 nitrogen and oxygen atoms in total. The molecule has 0 saturated heterocycles. The number of H-pyrrole nitrogens is 1. The second-order valence-electron chi connectivity index (χ2n) is 7.49. The molecule has 0 amide bonds. The second kappa shape index (κ2) is 10.9. The minimum Gasteiger partial charge on any atom is -0.488 e. The number of halogens is 3. The zero-order chi connectivity index (χ0) is 24.8. The highest BCUT2D eigenvalue weighted by Gasteiger charge is 2.16. The molecule has 0 spiro atoms. The predicted octanol–water partition coefficient (Wildman–Crippen LogP) is 4.32. The fourth-order valence-electron chi connectivity index (χ4n) is 3.41. The Morgan fingerprint density at radius 1 is 0.971 bits per heavy atom. The monoisotopic (exact) mass is 482 g/mol. The fraction of sp³-hybridized carbons (Fsp3) is 0.200. The maximum atomic E-state index is 13.7. The van der Waals surface area contributed by atoms with E-state index < -0.39 is 22.9 Å². The van der Waals surface area contributed by atoms with Crippen LogP contribution in [0.3, 0.4) is 0 Å². The number of hydrogen-bond donors (Lipinski definition) is 1. The largest absolute Gasteiger partial charge is 0.488 e. The van der Waals surface area contributed by atoms with Crippen LogP contribution in [0.2, 0.25) is 0 Å². The van der Waals surface area contributed by atoms with E-state index in [4.69, 9.17) is 9.47 Å². The van der Waals surface area contributed by atoms with Gasteiger partial charge >= 0.3 is 0 Å². The minimum absolute atomic E-state index is 0.0211. The molecular formula is C25H21F3N4O3. The van der Waals surface area contributed by atoms with Gasteiger partial charge in [0.15, 0.2) is 29.0 Å². The molecule has 0 atom stereocenters. The van der Waals surface area contributed by atoms with Crippen molar-refractivity contribution in [3.8, 4) is 28.3 Å². The van der Waals surface area contributed by atoms with Crippen molar-refractivity contribution >= 4 is 0 Å². The number of aromatic nitrogens is 4. The van der Waals surface area contributed by atoms with E-state index in [0.29, 0.717) is 31.4 Å². The van der Waals surface area contributed by atoms with E-state index in [2.05, 4.69) is 20.2 Å². The number of aromatic amines is 1. The third kappa shape index (κ3) is 5.72. The molecule has 35 heavy (non-hydrogen) atoms. The molecule has 0 saturated carbocycles. The Labute approximate surface area is 198 Å². The standard InChI is InChI=1S/C25H21F3N4O3/c1-2-34-6-7-35-18-12-29-25(30-13-18)16-5-3-4-15(8-16)9-22-24(33)19(14-31-32-22)17-10-20(26)23(28)21(27)11-17/h3-5,8,10-14H,2,6-7,9H2,1H3,(H,31,33). The smallest absolute Gasteiger partial charge is 0.211 e. The van der Waals surface area contributed by atoms with Gasteiger partial charge in [-0.05, 0) is 36.2 Å². The van der Waals surface area contributed by atoms with Crippen LogP contribution >= 0.6 is 0 Å². The highest BCUT2D eigenvalue weighted by Crippen LogP contribution is 2.22. The normalized spacial score (nSPS) is 11.0. The van der Waals surface area contributed by atoms with Gasteiger partial charge in [0, 0.05) is 30.4 Å². The molecule has 180 valence electrons. The summed E-state index contributed by atoms with van der Waals surface area (Å²) in [6.45, 7) is 3.39. The lowest BCUT2D eigenvalue weighted by atomic mass is 10.0. The molecule has 4 aromatic rings. The van der Waals surface area contributed by atoms with Crippen molar-refractivity contribution in [3.63, 3.8) is 0 Å². The first-order valence-electron chi connectivity index (χ1n) is 10.8. The van der Waals surface area contributed by atoms with Gasteiger partial charge in [-0.1, -0.05) is 18.2 Å². The number of hydrogen-bond acceptors (Lipinski definition) is 6. The lowest BCUT2D eigenvalue weighted by molar-refractivity contribution is 0.110. The van der Waals surface area contributed by atoms with Crippen LogP contribution < -0.4 is 10.2 Å². The third-order valence-corrected chi connectivity index (χ3v) is 5.10. The van der Waals surface area contributed by atoms with Crippen molar-refractivity contribution < 1.29 is 22.6 Å². The van der Waals surface area contributed by atoms with E-state index in [-0.39, 0.29) is 23.2 Å². The van der Waals surface area contributed by atoms with E-state index in [1.54, 1.807) is 24.5 Å². The Bertz CT molecular complexity index is 1350. The topological polar surface area (TPSA) is 90.0 Å². The van der Waals surface area contributed by atoms with E-state index in [0.717, 1.165) is 23.3 Å². The van der Waals surface area contributed by atoms with Crippen molar-refractivity contribution in [2.45, 2.75) is 13.3 Å². The number of benzene rings is 2. The molecule has 0 radical (unpaired) electrons. The van der Waals surface area contributed by atoms with Gasteiger partial charge in [-0.15, -0.1) is 0 Å². The van der Waals surface area contributed by atoms with E-state index in [9.17, 15) is 18.0 Å². The van der Waals surface area contributed by atoms with Crippen LogP contribution in [0.25, 0.3) is 22.5 Å². The molecule has 0 aliphatic carbocycles. The Morgan fingerprint density at radius 2 is 1.71 bits per heavy atom. The zero-order valence-corrected chi connectivity index (χ0v) is 18.7. The third-order valence-electron chi connectivity index (χ3n) is 5.10. The minimum atomic E-state index is -1.59. The molecule has 0 unspecified atom stereocenters. The van der Waals surface area contributed by atoms with Crippen LogP contribution in [0.4, 0.5) is 13.2 Å². The van der Waals surface area contributed by atoms with Gasteiger partial charge in [0.2, 0.25) is 5.43 Å². The summed E-state index contributed by atoms with van der Waals surface area (Å²) >= 11 is 0. The highest BCUT2D eigenvalue weighted by molar-refractivity contribution is 5.63. The van der Waals surface area contributed by atoms with Crippen LogP contribution in [0, 0.1) is 17.5 Å². The molecule has 0 fully saturated rings. The summed E-state index contributed by atoms with van der Waals surface area (Å²) in [7, 11) is 0. The Hall–Kier alpha value is -4.05. The summed E-state index contributed by atoms with van der Waals surface area (Å²) in [6, 6.07) is 8.79. The highest BCUT2D eigenvalue weighted by atomic mass is 19.2. The molecule has 2 aromatic heterocycles. The van der Waals surface area contributed by atoms with Gasteiger partial charge in [-0.3, -0.25) is 9.89 Å². The maximum absolute atomic E-state index is 13.7. The Kier molecular flexibility index (Phi) is 7.51. The molecule has 4 rings (SSSR count). The van der Waals surface area contributed by atoms with Crippen molar-refractivity contribution in [2.24, 2.45) is 0 Å². The van der Waals surface area contributed by atoms with Crippen LogP contribution in [0.15, 0.2) is 59.8 Å². The summed E-state index contributed by atoms with van der Waals surface area (Å²) in [5.41, 5.74) is 0.964. The number of nitrogens with zero attached hydrogens (tertiary/aromatic N) is 3. The summed E-state index contributed by atoms with van der Waals surface area (Å²) in [5, 5.41) is 6.60. The molecule has 1 N–H and O–H groups in total. The Morgan fingerprint density at radius 3 is 2.43 bits per heavy atom. The molecule has 0 aliphatic rings. The second-order valence-corrected chi connectivity index (χ2v) is 7.49. The molecular weight excluding hydrogens is 461 g/mol. The first kappa shape index (κ1) is 24.1. The summed E-state index contributed by atoms with van der Waals surface area (Å²) in [5.74, 6) is -3.36. The molecule has 2 heterocycles. The van der Waals surface area contributed by atoms with Crippen LogP contribution in [0.5, 0.6) is 5.75 Å². The summed E-state index contributed by atoms with van der Waals surface area (Å²) in [6.07, 6.45) is 4.50.